The number of imidazole rings is 1. The first-order valence-electron chi connectivity index (χ1n) is 6.74. The van der Waals surface area contributed by atoms with Crippen LogP contribution in [0.5, 0.6) is 0 Å². The van der Waals surface area contributed by atoms with Crippen LogP contribution in [0.4, 0.5) is 0 Å². The molecular weight excluding hydrogens is 244 g/mol. The monoisotopic (exact) mass is 262 g/mol. The molecule has 2 nitrogen and oxygen atoms in total. The highest BCUT2D eigenvalue weighted by molar-refractivity contribution is 6.16. The van der Waals surface area contributed by atoms with Crippen LogP contribution < -0.4 is 0 Å². The Kier molecular flexibility index (Phi) is 2.86. The molecule has 0 N–H and O–H groups in total. The fraction of sp³-hybridized carbons (Fsp3) is 0.533. The Bertz CT molecular complexity index is 576. The lowest BCUT2D eigenvalue weighted by Crippen LogP contribution is -2.40. The molecule has 0 spiro atoms. The van der Waals surface area contributed by atoms with E-state index in [0.717, 1.165) is 17.8 Å². The van der Waals surface area contributed by atoms with E-state index in [-0.39, 0.29) is 5.54 Å². The van der Waals surface area contributed by atoms with Gasteiger partial charge in [-0.25, -0.2) is 4.98 Å². The highest BCUT2D eigenvalue weighted by Gasteiger charge is 2.39. The summed E-state index contributed by atoms with van der Waals surface area (Å²) in [5.41, 5.74) is 3.87. The first kappa shape index (κ1) is 12.0. The van der Waals surface area contributed by atoms with E-state index < -0.39 is 0 Å². The Morgan fingerprint density at radius 2 is 2.17 bits per heavy atom. The Labute approximate surface area is 113 Å². The van der Waals surface area contributed by atoms with Crippen LogP contribution >= 0.6 is 11.6 Å². The van der Waals surface area contributed by atoms with Gasteiger partial charge in [0.15, 0.2) is 0 Å². The van der Waals surface area contributed by atoms with Crippen LogP contribution in [0.1, 0.15) is 44.0 Å². The quantitative estimate of drug-likeness (QED) is 0.751. The molecule has 96 valence electrons. The predicted molar refractivity (Wildman–Crippen MR) is 76.1 cm³/mol. The molecule has 0 atom stereocenters. The van der Waals surface area contributed by atoms with Crippen molar-refractivity contribution in [1.82, 2.24) is 9.55 Å². The number of rotatable bonds is 3. The molecule has 0 aliphatic heterocycles. The Balaban J connectivity index is 2.25. The summed E-state index contributed by atoms with van der Waals surface area (Å²) < 4.78 is 2.41. The van der Waals surface area contributed by atoms with Crippen LogP contribution in [0, 0.1) is 6.92 Å². The first-order valence-corrected chi connectivity index (χ1v) is 7.28. The van der Waals surface area contributed by atoms with Crippen LogP contribution in [0.3, 0.4) is 0 Å². The number of fused-ring (bicyclic) bond motifs is 1. The molecule has 1 aromatic heterocycles. The molecule has 2 aromatic rings. The van der Waals surface area contributed by atoms with Gasteiger partial charge >= 0.3 is 0 Å². The van der Waals surface area contributed by atoms with E-state index in [2.05, 4.69) is 36.6 Å². The van der Waals surface area contributed by atoms with Crippen LogP contribution in [-0.4, -0.2) is 9.55 Å². The van der Waals surface area contributed by atoms with Crippen molar-refractivity contribution in [2.75, 3.05) is 0 Å². The maximum Gasteiger partial charge on any atom is 0.125 e. The van der Waals surface area contributed by atoms with Crippen molar-refractivity contribution in [3.63, 3.8) is 0 Å². The van der Waals surface area contributed by atoms with Crippen molar-refractivity contribution in [1.29, 1.82) is 0 Å². The molecule has 1 aromatic carbocycles. The zero-order chi connectivity index (χ0) is 12.8. The fourth-order valence-electron chi connectivity index (χ4n) is 3.18. The minimum atomic E-state index is 0.272. The van der Waals surface area contributed by atoms with E-state index in [0.29, 0.717) is 5.88 Å². The smallest absolute Gasteiger partial charge is 0.125 e. The highest BCUT2D eigenvalue weighted by atomic mass is 35.5. The molecule has 1 aliphatic carbocycles. The van der Waals surface area contributed by atoms with E-state index in [1.165, 1.54) is 30.3 Å². The molecule has 1 saturated carbocycles. The Morgan fingerprint density at radius 3 is 2.72 bits per heavy atom. The largest absolute Gasteiger partial charge is 0.321 e. The minimum Gasteiger partial charge on any atom is -0.321 e. The standard InChI is InChI=1S/C15H19ClN2/c1-3-15(7-4-8-15)18-13-6-5-11(2)9-12(13)17-14(18)10-16/h5-6,9H,3-4,7-8,10H2,1-2H3. The predicted octanol–water partition coefficient (Wildman–Crippen LogP) is 4.37. The molecule has 0 saturated heterocycles. The van der Waals surface area contributed by atoms with Gasteiger partial charge in [-0.2, -0.15) is 0 Å². The van der Waals surface area contributed by atoms with Crippen molar-refractivity contribution in [3.8, 4) is 0 Å². The number of aromatic nitrogens is 2. The van der Waals surface area contributed by atoms with Gasteiger partial charge in [0, 0.05) is 5.54 Å². The maximum absolute atomic E-state index is 6.10. The number of hydrogen-bond acceptors (Lipinski definition) is 1. The van der Waals surface area contributed by atoms with Gasteiger partial charge in [0.1, 0.15) is 5.82 Å². The molecule has 3 heteroatoms. The lowest BCUT2D eigenvalue weighted by Gasteiger charge is -2.44. The van der Waals surface area contributed by atoms with Crippen LogP contribution in [0.2, 0.25) is 0 Å². The van der Waals surface area contributed by atoms with Crippen LogP contribution in [0.25, 0.3) is 11.0 Å². The SMILES string of the molecule is CCC1(n2c(CCl)nc3cc(C)ccc32)CCC1. The van der Waals surface area contributed by atoms with E-state index in [1.807, 2.05) is 0 Å². The summed E-state index contributed by atoms with van der Waals surface area (Å²) in [7, 11) is 0. The van der Waals surface area contributed by atoms with Gasteiger partial charge in [-0.15, -0.1) is 11.6 Å². The lowest BCUT2D eigenvalue weighted by molar-refractivity contribution is 0.138. The third-order valence-corrected chi connectivity index (χ3v) is 4.65. The van der Waals surface area contributed by atoms with E-state index >= 15 is 0 Å². The number of benzene rings is 1. The van der Waals surface area contributed by atoms with E-state index in [1.54, 1.807) is 0 Å². The number of halogens is 1. The second-order valence-electron chi connectivity index (χ2n) is 5.42. The van der Waals surface area contributed by atoms with Gasteiger partial charge in [-0.1, -0.05) is 13.0 Å². The zero-order valence-electron chi connectivity index (χ0n) is 11.0. The third kappa shape index (κ3) is 1.58. The molecule has 1 fully saturated rings. The van der Waals surface area contributed by atoms with E-state index in [9.17, 15) is 0 Å². The summed E-state index contributed by atoms with van der Waals surface area (Å²) in [5.74, 6) is 1.52. The summed E-state index contributed by atoms with van der Waals surface area (Å²) in [6, 6.07) is 6.52. The van der Waals surface area contributed by atoms with Crippen LogP contribution in [0.15, 0.2) is 18.2 Å². The van der Waals surface area contributed by atoms with Crippen molar-refractivity contribution < 1.29 is 0 Å². The molecule has 0 unspecified atom stereocenters. The van der Waals surface area contributed by atoms with Gasteiger partial charge in [0.05, 0.1) is 16.9 Å². The summed E-state index contributed by atoms with van der Waals surface area (Å²) >= 11 is 6.10. The normalized spacial score (nSPS) is 17.9. The molecular formula is C15H19ClN2. The van der Waals surface area contributed by atoms with Crippen molar-refractivity contribution in [3.05, 3.63) is 29.6 Å². The molecule has 0 amide bonds. The lowest BCUT2D eigenvalue weighted by atomic mass is 9.74. The molecule has 3 rings (SSSR count). The second kappa shape index (κ2) is 4.27. The summed E-state index contributed by atoms with van der Waals surface area (Å²) in [6.45, 7) is 4.38. The molecule has 1 aliphatic rings. The second-order valence-corrected chi connectivity index (χ2v) is 5.69. The Hall–Kier alpha value is -1.02. The number of nitrogens with zero attached hydrogens (tertiary/aromatic N) is 2. The highest BCUT2D eigenvalue weighted by Crippen LogP contribution is 2.44. The summed E-state index contributed by atoms with van der Waals surface area (Å²) in [5, 5.41) is 0. The average Bonchev–Trinajstić information content (AvgIpc) is 2.67. The van der Waals surface area contributed by atoms with Gasteiger partial charge in [-0.05, 0) is 50.3 Å². The first-order chi connectivity index (χ1) is 8.70. The summed E-state index contributed by atoms with van der Waals surface area (Å²) in [6.07, 6.45) is 5.00. The van der Waals surface area contributed by atoms with E-state index in [4.69, 9.17) is 16.6 Å². The molecule has 0 bridgehead atoms. The summed E-state index contributed by atoms with van der Waals surface area (Å²) in [4.78, 5) is 4.72. The van der Waals surface area contributed by atoms with Gasteiger partial charge in [0.2, 0.25) is 0 Å². The van der Waals surface area contributed by atoms with Gasteiger partial charge in [-0.3, -0.25) is 0 Å². The topological polar surface area (TPSA) is 17.8 Å². The van der Waals surface area contributed by atoms with Crippen LogP contribution in [-0.2, 0) is 11.4 Å². The van der Waals surface area contributed by atoms with Crippen molar-refractivity contribution >= 4 is 22.6 Å². The Morgan fingerprint density at radius 1 is 1.39 bits per heavy atom. The zero-order valence-corrected chi connectivity index (χ0v) is 11.8. The van der Waals surface area contributed by atoms with Crippen molar-refractivity contribution in [2.45, 2.75) is 50.9 Å². The van der Waals surface area contributed by atoms with Crippen molar-refractivity contribution in [2.24, 2.45) is 0 Å². The number of aryl methyl sites for hydroxylation is 1. The molecule has 0 radical (unpaired) electrons. The van der Waals surface area contributed by atoms with Gasteiger partial charge < -0.3 is 4.57 Å². The average molecular weight is 263 g/mol. The molecule has 18 heavy (non-hydrogen) atoms. The molecule has 1 heterocycles. The number of hydrogen-bond donors (Lipinski definition) is 0. The number of alkyl halides is 1. The minimum absolute atomic E-state index is 0.272. The fourth-order valence-corrected chi connectivity index (χ4v) is 3.36. The third-order valence-electron chi connectivity index (χ3n) is 4.42. The maximum atomic E-state index is 6.10. The van der Waals surface area contributed by atoms with Gasteiger partial charge in [0.25, 0.3) is 0 Å².